The maximum Gasteiger partial charge on any atom is 0.243 e. The first kappa shape index (κ1) is 13.5. The number of benzene rings is 1. The molecule has 0 aliphatic heterocycles. The topological polar surface area (TPSA) is 63.4 Å². The third kappa shape index (κ3) is 2.91. The molecule has 0 aromatic heterocycles. The van der Waals surface area contributed by atoms with Crippen molar-refractivity contribution in [3.8, 4) is 0 Å². The highest BCUT2D eigenvalue weighted by atomic mass is 32.2. The summed E-state index contributed by atoms with van der Waals surface area (Å²) in [5.41, 5.74) is 6.40. The van der Waals surface area contributed by atoms with E-state index < -0.39 is 10.0 Å². The minimum Gasteiger partial charge on any atom is -0.326 e. The van der Waals surface area contributed by atoms with Gasteiger partial charge >= 0.3 is 0 Å². The second-order valence-electron chi connectivity index (χ2n) is 4.75. The summed E-state index contributed by atoms with van der Waals surface area (Å²) in [4.78, 5) is 0.355. The van der Waals surface area contributed by atoms with E-state index in [2.05, 4.69) is 0 Å². The Kier molecular flexibility index (Phi) is 4.04. The Morgan fingerprint density at radius 1 is 1.39 bits per heavy atom. The number of rotatable bonds is 6. The molecule has 1 aromatic carbocycles. The molecular weight excluding hydrogens is 248 g/mol. The van der Waals surface area contributed by atoms with Crippen LogP contribution >= 0.6 is 0 Å². The molecule has 0 heterocycles. The summed E-state index contributed by atoms with van der Waals surface area (Å²) in [7, 11) is -3.36. The van der Waals surface area contributed by atoms with Crippen molar-refractivity contribution in [3.63, 3.8) is 0 Å². The molecule has 0 spiro atoms. The van der Waals surface area contributed by atoms with E-state index >= 15 is 0 Å². The highest BCUT2D eigenvalue weighted by Gasteiger charge is 2.30. The highest BCUT2D eigenvalue weighted by molar-refractivity contribution is 7.89. The zero-order valence-electron chi connectivity index (χ0n) is 10.7. The van der Waals surface area contributed by atoms with Gasteiger partial charge in [-0.05, 0) is 36.5 Å². The van der Waals surface area contributed by atoms with Crippen molar-refractivity contribution in [2.75, 3.05) is 13.1 Å². The van der Waals surface area contributed by atoms with Gasteiger partial charge < -0.3 is 5.73 Å². The first-order valence-electron chi connectivity index (χ1n) is 6.37. The van der Waals surface area contributed by atoms with Crippen molar-refractivity contribution < 1.29 is 8.42 Å². The van der Waals surface area contributed by atoms with E-state index in [1.807, 2.05) is 13.0 Å². The van der Waals surface area contributed by atoms with Crippen molar-refractivity contribution in [1.82, 2.24) is 4.31 Å². The van der Waals surface area contributed by atoms with Gasteiger partial charge in [-0.2, -0.15) is 4.31 Å². The van der Waals surface area contributed by atoms with E-state index in [0.717, 1.165) is 18.4 Å². The van der Waals surface area contributed by atoms with Gasteiger partial charge in [0.15, 0.2) is 0 Å². The van der Waals surface area contributed by atoms with Crippen molar-refractivity contribution >= 4 is 10.0 Å². The van der Waals surface area contributed by atoms with Gasteiger partial charge in [0.2, 0.25) is 10.0 Å². The van der Waals surface area contributed by atoms with Crippen LogP contribution in [0.1, 0.15) is 25.3 Å². The minimum absolute atomic E-state index is 0.355. The van der Waals surface area contributed by atoms with Crippen LogP contribution in [0.4, 0.5) is 0 Å². The molecule has 0 bridgehead atoms. The van der Waals surface area contributed by atoms with Crippen LogP contribution in [0.3, 0.4) is 0 Å². The van der Waals surface area contributed by atoms with Gasteiger partial charge in [-0.15, -0.1) is 0 Å². The average molecular weight is 268 g/mol. The summed E-state index contributed by atoms with van der Waals surface area (Å²) >= 11 is 0. The van der Waals surface area contributed by atoms with Crippen molar-refractivity contribution in [1.29, 1.82) is 0 Å². The van der Waals surface area contributed by atoms with Gasteiger partial charge in [0.25, 0.3) is 0 Å². The number of hydrogen-bond donors (Lipinski definition) is 1. The normalized spacial score (nSPS) is 16.2. The molecule has 1 aromatic rings. The molecule has 1 fully saturated rings. The standard InChI is InChI=1S/C13H20N2O2S/c1-2-15(10-11-6-7-11)18(16,17)13-5-3-4-12(8-13)9-14/h3-5,8,11H,2,6-7,9-10,14H2,1H3. The van der Waals surface area contributed by atoms with Gasteiger partial charge in [0.1, 0.15) is 0 Å². The lowest BCUT2D eigenvalue weighted by molar-refractivity contribution is 0.412. The molecule has 18 heavy (non-hydrogen) atoms. The van der Waals surface area contributed by atoms with Crippen LogP contribution in [0, 0.1) is 5.92 Å². The van der Waals surface area contributed by atoms with Crippen LogP contribution in [-0.4, -0.2) is 25.8 Å². The van der Waals surface area contributed by atoms with Crippen LogP contribution in [0.15, 0.2) is 29.2 Å². The number of nitrogens with zero attached hydrogens (tertiary/aromatic N) is 1. The number of nitrogens with two attached hydrogens (primary N) is 1. The Labute approximate surface area is 109 Å². The third-order valence-corrected chi connectivity index (χ3v) is 5.22. The predicted octanol–water partition coefficient (Wildman–Crippen LogP) is 1.57. The van der Waals surface area contributed by atoms with Crippen molar-refractivity contribution in [2.24, 2.45) is 11.7 Å². The van der Waals surface area contributed by atoms with E-state index in [9.17, 15) is 8.42 Å². The second kappa shape index (κ2) is 5.38. The molecular formula is C13H20N2O2S. The van der Waals surface area contributed by atoms with E-state index in [4.69, 9.17) is 5.73 Å². The number of sulfonamides is 1. The zero-order valence-corrected chi connectivity index (χ0v) is 11.5. The van der Waals surface area contributed by atoms with E-state index in [-0.39, 0.29) is 0 Å². The first-order valence-corrected chi connectivity index (χ1v) is 7.81. The average Bonchev–Trinajstić information content (AvgIpc) is 3.19. The molecule has 5 heteroatoms. The summed E-state index contributed by atoms with van der Waals surface area (Å²) in [5, 5.41) is 0. The SMILES string of the molecule is CCN(CC1CC1)S(=O)(=O)c1cccc(CN)c1. The maximum atomic E-state index is 12.5. The molecule has 1 aliphatic rings. The quantitative estimate of drug-likeness (QED) is 0.851. The second-order valence-corrected chi connectivity index (χ2v) is 6.69. The Morgan fingerprint density at radius 3 is 2.67 bits per heavy atom. The minimum atomic E-state index is -3.36. The van der Waals surface area contributed by atoms with Gasteiger partial charge in [0, 0.05) is 19.6 Å². The lowest BCUT2D eigenvalue weighted by Crippen LogP contribution is -2.32. The molecule has 0 radical (unpaired) electrons. The molecule has 2 N–H and O–H groups in total. The maximum absolute atomic E-state index is 12.5. The fraction of sp³-hybridized carbons (Fsp3) is 0.538. The molecule has 1 saturated carbocycles. The number of hydrogen-bond acceptors (Lipinski definition) is 3. The van der Waals surface area contributed by atoms with Crippen molar-refractivity contribution in [3.05, 3.63) is 29.8 Å². The lowest BCUT2D eigenvalue weighted by atomic mass is 10.2. The van der Waals surface area contributed by atoms with Crippen LogP contribution < -0.4 is 5.73 Å². The molecule has 0 amide bonds. The molecule has 100 valence electrons. The van der Waals surface area contributed by atoms with Crippen LogP contribution in [0.5, 0.6) is 0 Å². The van der Waals surface area contributed by atoms with Crippen LogP contribution in [0.2, 0.25) is 0 Å². The summed E-state index contributed by atoms with van der Waals surface area (Å²) in [5.74, 6) is 0.553. The Morgan fingerprint density at radius 2 is 2.11 bits per heavy atom. The molecule has 4 nitrogen and oxygen atoms in total. The summed E-state index contributed by atoms with van der Waals surface area (Å²) < 4.78 is 26.5. The van der Waals surface area contributed by atoms with Gasteiger partial charge in [-0.1, -0.05) is 19.1 Å². The Balaban J connectivity index is 2.26. The largest absolute Gasteiger partial charge is 0.326 e. The van der Waals surface area contributed by atoms with Crippen LogP contribution in [-0.2, 0) is 16.6 Å². The Hall–Kier alpha value is -0.910. The monoisotopic (exact) mass is 268 g/mol. The van der Waals surface area contributed by atoms with E-state index in [0.29, 0.717) is 30.4 Å². The summed E-state index contributed by atoms with van der Waals surface area (Å²) in [6, 6.07) is 6.91. The van der Waals surface area contributed by atoms with Gasteiger partial charge in [-0.25, -0.2) is 8.42 Å². The fourth-order valence-corrected chi connectivity index (χ4v) is 3.56. The predicted molar refractivity (Wildman–Crippen MR) is 71.5 cm³/mol. The van der Waals surface area contributed by atoms with Gasteiger partial charge in [0.05, 0.1) is 4.90 Å². The van der Waals surface area contributed by atoms with Crippen molar-refractivity contribution in [2.45, 2.75) is 31.2 Å². The zero-order chi connectivity index (χ0) is 13.2. The highest BCUT2D eigenvalue weighted by Crippen LogP contribution is 2.31. The van der Waals surface area contributed by atoms with Crippen LogP contribution in [0.25, 0.3) is 0 Å². The fourth-order valence-electron chi connectivity index (χ4n) is 1.97. The molecule has 0 atom stereocenters. The van der Waals surface area contributed by atoms with E-state index in [1.54, 1.807) is 22.5 Å². The van der Waals surface area contributed by atoms with E-state index in [1.165, 1.54) is 0 Å². The smallest absolute Gasteiger partial charge is 0.243 e. The molecule has 2 rings (SSSR count). The summed E-state index contributed by atoms with van der Waals surface area (Å²) in [6.45, 7) is 3.40. The first-order chi connectivity index (χ1) is 8.57. The summed E-state index contributed by atoms with van der Waals surface area (Å²) in [6.07, 6.45) is 2.30. The Bertz CT molecular complexity index is 509. The lowest BCUT2D eigenvalue weighted by Gasteiger charge is -2.20. The molecule has 0 unspecified atom stereocenters. The molecule has 1 aliphatic carbocycles. The third-order valence-electron chi connectivity index (χ3n) is 3.28. The molecule has 0 saturated heterocycles. The van der Waals surface area contributed by atoms with Gasteiger partial charge in [-0.3, -0.25) is 0 Å².